The molecule has 0 radical (unpaired) electrons. The molecule has 0 spiro atoms. The Labute approximate surface area is 101 Å². The van der Waals surface area contributed by atoms with Crippen LogP contribution in [-0.4, -0.2) is 30.9 Å². The Kier molecular flexibility index (Phi) is 4.70. The number of carbonyl (C=O) groups excluding carboxylic acids is 2. The summed E-state index contributed by atoms with van der Waals surface area (Å²) in [6.07, 6.45) is -1.30. The topological polar surface area (TPSA) is 84.0 Å². The van der Waals surface area contributed by atoms with Crippen LogP contribution in [0.4, 0.5) is 9.59 Å². The van der Waals surface area contributed by atoms with Crippen LogP contribution in [0.1, 0.15) is 12.6 Å². The quantitative estimate of drug-likeness (QED) is 0.769. The van der Waals surface area contributed by atoms with Gasteiger partial charge in [-0.2, -0.15) is 4.37 Å². The first-order chi connectivity index (χ1) is 8.12. The molecule has 0 N–H and O–H groups in total. The van der Waals surface area contributed by atoms with E-state index in [1.807, 2.05) is 6.92 Å². The van der Waals surface area contributed by atoms with Gasteiger partial charge in [-0.1, -0.05) is 6.92 Å². The highest BCUT2D eigenvalue weighted by molar-refractivity contribution is 7.08. The molecule has 0 bridgehead atoms. The maximum Gasteiger partial charge on any atom is 0.514 e. The molecule has 0 aliphatic rings. The molecule has 0 atom stereocenters. The third-order valence-electron chi connectivity index (χ3n) is 1.72. The van der Waals surface area contributed by atoms with Crippen molar-refractivity contribution >= 4 is 23.8 Å². The highest BCUT2D eigenvalue weighted by Crippen LogP contribution is 2.36. The van der Waals surface area contributed by atoms with Gasteiger partial charge >= 0.3 is 12.3 Å². The summed E-state index contributed by atoms with van der Waals surface area (Å²) in [6, 6.07) is 0. The molecule has 0 aliphatic heterocycles. The maximum absolute atomic E-state index is 11.0. The number of rotatable bonds is 3. The van der Waals surface area contributed by atoms with Crippen LogP contribution in [0, 0.1) is 0 Å². The molecule has 1 aromatic rings. The van der Waals surface area contributed by atoms with Gasteiger partial charge in [0.05, 0.1) is 14.2 Å². The van der Waals surface area contributed by atoms with E-state index < -0.39 is 12.3 Å². The Balaban J connectivity index is 2.93. The summed E-state index contributed by atoms with van der Waals surface area (Å²) in [6.45, 7) is 1.82. The average Bonchev–Trinajstić information content (AvgIpc) is 2.71. The third kappa shape index (κ3) is 3.31. The van der Waals surface area contributed by atoms with Crippen LogP contribution in [-0.2, 0) is 15.9 Å². The number of carbonyl (C=O) groups is 2. The lowest BCUT2D eigenvalue weighted by atomic mass is 10.3. The van der Waals surface area contributed by atoms with Gasteiger partial charge in [-0.3, -0.25) is 0 Å². The lowest BCUT2D eigenvalue weighted by molar-refractivity contribution is 0.112. The number of methoxy groups -OCH3 is 2. The first-order valence-corrected chi connectivity index (χ1v) is 5.39. The summed E-state index contributed by atoms with van der Waals surface area (Å²) in [5.41, 5.74) is 0.499. The van der Waals surface area contributed by atoms with E-state index in [9.17, 15) is 9.59 Å². The molecule has 0 amide bonds. The Morgan fingerprint density at radius 3 is 2.29 bits per heavy atom. The van der Waals surface area contributed by atoms with Crippen LogP contribution in [0.3, 0.4) is 0 Å². The Morgan fingerprint density at radius 1 is 1.18 bits per heavy atom. The van der Waals surface area contributed by atoms with Gasteiger partial charge in [0.1, 0.15) is 5.69 Å². The van der Waals surface area contributed by atoms with Crippen molar-refractivity contribution in [2.75, 3.05) is 14.2 Å². The molecule has 8 heteroatoms. The normalized spacial score (nSPS) is 9.59. The van der Waals surface area contributed by atoms with Gasteiger partial charge in [0, 0.05) is 11.5 Å². The predicted molar refractivity (Wildman–Crippen MR) is 57.6 cm³/mol. The molecule has 1 aromatic heterocycles. The Hall–Kier alpha value is -1.83. The number of nitrogens with zero attached hydrogens (tertiary/aromatic N) is 1. The van der Waals surface area contributed by atoms with Crippen LogP contribution in [0.15, 0.2) is 0 Å². The van der Waals surface area contributed by atoms with Gasteiger partial charge in [0.25, 0.3) is 0 Å². The lowest BCUT2D eigenvalue weighted by Gasteiger charge is -2.04. The minimum atomic E-state index is -0.911. The monoisotopic (exact) mass is 261 g/mol. The van der Waals surface area contributed by atoms with Gasteiger partial charge in [0.15, 0.2) is 0 Å². The maximum atomic E-state index is 11.0. The SMILES string of the molecule is CCc1nsc(OC(=O)OC)c1OC(=O)OC. The second-order valence-corrected chi connectivity index (χ2v) is 3.45. The zero-order valence-corrected chi connectivity index (χ0v) is 10.3. The van der Waals surface area contributed by atoms with Gasteiger partial charge in [0.2, 0.25) is 10.8 Å². The fraction of sp³-hybridized carbons (Fsp3) is 0.444. The zero-order chi connectivity index (χ0) is 12.8. The zero-order valence-electron chi connectivity index (χ0n) is 9.51. The highest BCUT2D eigenvalue weighted by atomic mass is 32.1. The molecule has 94 valence electrons. The van der Waals surface area contributed by atoms with Gasteiger partial charge in [-0.15, -0.1) is 0 Å². The van der Waals surface area contributed by atoms with E-state index in [4.69, 9.17) is 9.47 Å². The fourth-order valence-corrected chi connectivity index (χ4v) is 1.68. The standard InChI is InChI=1S/C9H11NO6S/c1-4-5-6(15-8(11)13-2)7(17-10-5)16-9(12)14-3/h4H2,1-3H3. The predicted octanol–water partition coefficient (Wildman–Crippen LogP) is 2.00. The van der Waals surface area contributed by atoms with Crippen LogP contribution in [0.25, 0.3) is 0 Å². The van der Waals surface area contributed by atoms with Gasteiger partial charge in [-0.05, 0) is 6.42 Å². The molecule has 0 saturated heterocycles. The number of hydrogen-bond acceptors (Lipinski definition) is 8. The Morgan fingerprint density at radius 2 is 1.76 bits per heavy atom. The fourth-order valence-electron chi connectivity index (χ4n) is 0.930. The van der Waals surface area contributed by atoms with E-state index in [1.54, 1.807) is 0 Å². The van der Waals surface area contributed by atoms with Gasteiger partial charge < -0.3 is 18.9 Å². The molecule has 0 unspecified atom stereocenters. The summed E-state index contributed by atoms with van der Waals surface area (Å²) in [4.78, 5) is 22.0. The number of aromatic nitrogens is 1. The van der Waals surface area contributed by atoms with Crippen LogP contribution >= 0.6 is 11.5 Å². The second-order valence-electron chi connectivity index (χ2n) is 2.71. The van der Waals surface area contributed by atoms with Crippen molar-refractivity contribution in [1.82, 2.24) is 4.37 Å². The summed E-state index contributed by atoms with van der Waals surface area (Å²) >= 11 is 0.891. The van der Waals surface area contributed by atoms with Crippen LogP contribution in [0.2, 0.25) is 0 Å². The van der Waals surface area contributed by atoms with Crippen LogP contribution in [0.5, 0.6) is 10.8 Å². The van der Waals surface area contributed by atoms with Crippen molar-refractivity contribution in [3.63, 3.8) is 0 Å². The molecule has 7 nitrogen and oxygen atoms in total. The van der Waals surface area contributed by atoms with Gasteiger partial charge in [-0.25, -0.2) is 9.59 Å². The summed E-state index contributed by atoms with van der Waals surface area (Å²) in [5.74, 6) is 0.0785. The largest absolute Gasteiger partial charge is 0.514 e. The molecule has 0 aliphatic carbocycles. The number of hydrogen-bond donors (Lipinski definition) is 0. The van der Waals surface area contributed by atoms with Crippen molar-refractivity contribution in [1.29, 1.82) is 0 Å². The van der Waals surface area contributed by atoms with Crippen molar-refractivity contribution in [2.45, 2.75) is 13.3 Å². The first-order valence-electron chi connectivity index (χ1n) is 4.62. The van der Waals surface area contributed by atoms with Crippen molar-refractivity contribution in [3.8, 4) is 10.8 Å². The number of ether oxygens (including phenoxy) is 4. The van der Waals surface area contributed by atoms with E-state index in [0.29, 0.717) is 12.1 Å². The minimum absolute atomic E-state index is 0.0547. The molecular formula is C9H11NO6S. The average molecular weight is 261 g/mol. The molecule has 1 rings (SSSR count). The van der Waals surface area contributed by atoms with Crippen molar-refractivity contribution in [3.05, 3.63) is 5.69 Å². The number of aryl methyl sites for hydroxylation is 1. The van der Waals surface area contributed by atoms with E-state index >= 15 is 0 Å². The van der Waals surface area contributed by atoms with E-state index in [2.05, 4.69) is 13.8 Å². The molecular weight excluding hydrogens is 250 g/mol. The van der Waals surface area contributed by atoms with Crippen LogP contribution < -0.4 is 9.47 Å². The smallest absolute Gasteiger partial charge is 0.437 e. The molecule has 0 aromatic carbocycles. The van der Waals surface area contributed by atoms with E-state index in [1.165, 1.54) is 14.2 Å². The highest BCUT2D eigenvalue weighted by Gasteiger charge is 2.21. The molecule has 0 fully saturated rings. The Bertz CT molecular complexity index is 416. The van der Waals surface area contributed by atoms with Crippen molar-refractivity contribution in [2.24, 2.45) is 0 Å². The first kappa shape index (κ1) is 13.2. The van der Waals surface area contributed by atoms with E-state index in [-0.39, 0.29) is 10.8 Å². The second kappa shape index (κ2) is 6.04. The summed E-state index contributed by atoms with van der Waals surface area (Å²) in [7, 11) is 2.35. The summed E-state index contributed by atoms with van der Waals surface area (Å²) < 4.78 is 22.3. The molecule has 1 heterocycles. The third-order valence-corrected chi connectivity index (χ3v) is 2.46. The van der Waals surface area contributed by atoms with E-state index in [0.717, 1.165) is 11.5 Å². The molecule has 0 saturated carbocycles. The van der Waals surface area contributed by atoms with Crippen molar-refractivity contribution < 1.29 is 28.5 Å². The molecule has 17 heavy (non-hydrogen) atoms. The lowest BCUT2D eigenvalue weighted by Crippen LogP contribution is -2.11. The minimum Gasteiger partial charge on any atom is -0.437 e. The summed E-state index contributed by atoms with van der Waals surface area (Å²) in [5, 5.41) is 0.0547.